The number of hydrogen-bond acceptors (Lipinski definition) is 2. The van der Waals surface area contributed by atoms with Gasteiger partial charge in [-0.05, 0) is 36.6 Å². The fraction of sp³-hybridized carbons (Fsp3) is 0.278. The molecular weight excluding hydrogens is 300 g/mol. The highest BCUT2D eigenvalue weighted by atomic mass is 19.1. The van der Waals surface area contributed by atoms with Crippen molar-refractivity contribution in [2.45, 2.75) is 25.9 Å². The Morgan fingerprint density at radius 3 is 2.43 bits per heavy atom. The van der Waals surface area contributed by atoms with Gasteiger partial charge in [0.1, 0.15) is 17.7 Å². The number of aryl methyl sites for hydroxylation is 2. The van der Waals surface area contributed by atoms with Crippen LogP contribution in [0.1, 0.15) is 29.2 Å². The van der Waals surface area contributed by atoms with Gasteiger partial charge in [-0.2, -0.15) is 0 Å². The second-order valence-electron chi connectivity index (χ2n) is 5.38. The van der Waals surface area contributed by atoms with Crippen LogP contribution in [0.3, 0.4) is 0 Å². The van der Waals surface area contributed by atoms with Crippen LogP contribution < -0.4 is 5.32 Å². The van der Waals surface area contributed by atoms with Gasteiger partial charge in [0.05, 0.1) is 5.56 Å². The fourth-order valence-electron chi connectivity index (χ4n) is 2.37. The summed E-state index contributed by atoms with van der Waals surface area (Å²) in [5.41, 5.74) is 1.75. The summed E-state index contributed by atoms with van der Waals surface area (Å²) in [4.78, 5) is 11.8. The molecular formula is C18H19F2NO2. The standard InChI is InChI=1S/C18H19F2NO2/c1-12-5-2-3-6-13(12)9-10-17(23)21-11-16(22)18-14(19)7-4-8-15(18)20/h2-8,16,22H,9-11H2,1H3,(H,21,23). The van der Waals surface area contributed by atoms with Gasteiger partial charge in [-0.25, -0.2) is 8.78 Å². The molecule has 0 saturated carbocycles. The SMILES string of the molecule is Cc1ccccc1CCC(=O)NCC(O)c1c(F)cccc1F. The lowest BCUT2D eigenvalue weighted by molar-refractivity contribution is -0.121. The number of carbonyl (C=O) groups is 1. The Morgan fingerprint density at radius 2 is 1.78 bits per heavy atom. The molecule has 0 spiro atoms. The van der Waals surface area contributed by atoms with Crippen LogP contribution in [-0.2, 0) is 11.2 Å². The average molecular weight is 319 g/mol. The second kappa shape index (κ2) is 7.83. The lowest BCUT2D eigenvalue weighted by Crippen LogP contribution is -2.29. The van der Waals surface area contributed by atoms with Gasteiger partial charge in [0.15, 0.2) is 0 Å². The number of nitrogens with one attached hydrogen (secondary N) is 1. The van der Waals surface area contributed by atoms with Crippen molar-refractivity contribution in [2.75, 3.05) is 6.54 Å². The van der Waals surface area contributed by atoms with E-state index in [2.05, 4.69) is 5.32 Å². The Hall–Kier alpha value is -2.27. The molecule has 122 valence electrons. The van der Waals surface area contributed by atoms with Gasteiger partial charge in [-0.1, -0.05) is 30.3 Å². The monoisotopic (exact) mass is 319 g/mol. The van der Waals surface area contributed by atoms with Crippen LogP contribution in [0.5, 0.6) is 0 Å². The summed E-state index contributed by atoms with van der Waals surface area (Å²) in [5, 5.41) is 12.4. The van der Waals surface area contributed by atoms with Crippen LogP contribution >= 0.6 is 0 Å². The average Bonchev–Trinajstić information content (AvgIpc) is 2.52. The van der Waals surface area contributed by atoms with Crippen molar-refractivity contribution in [1.29, 1.82) is 0 Å². The zero-order valence-corrected chi connectivity index (χ0v) is 12.9. The first-order valence-electron chi connectivity index (χ1n) is 7.42. The highest BCUT2D eigenvalue weighted by Gasteiger charge is 2.18. The number of aliphatic hydroxyl groups excluding tert-OH is 1. The van der Waals surface area contributed by atoms with E-state index in [1.165, 1.54) is 6.07 Å². The van der Waals surface area contributed by atoms with Crippen molar-refractivity contribution in [3.63, 3.8) is 0 Å². The molecule has 0 saturated heterocycles. The van der Waals surface area contributed by atoms with E-state index < -0.39 is 23.3 Å². The van der Waals surface area contributed by atoms with Gasteiger partial charge in [0.25, 0.3) is 0 Å². The normalized spacial score (nSPS) is 12.0. The maximum atomic E-state index is 13.5. The lowest BCUT2D eigenvalue weighted by Gasteiger charge is -2.14. The summed E-state index contributed by atoms with van der Waals surface area (Å²) in [6.07, 6.45) is -0.599. The summed E-state index contributed by atoms with van der Waals surface area (Å²) in [7, 11) is 0. The van der Waals surface area contributed by atoms with Crippen LogP contribution in [0.15, 0.2) is 42.5 Å². The molecule has 2 rings (SSSR count). The summed E-state index contributed by atoms with van der Waals surface area (Å²) >= 11 is 0. The minimum atomic E-state index is -1.42. The molecule has 0 fully saturated rings. The first-order chi connectivity index (χ1) is 11.0. The first-order valence-corrected chi connectivity index (χ1v) is 7.42. The molecule has 1 atom stereocenters. The summed E-state index contributed by atoms with van der Waals surface area (Å²) < 4.78 is 27.1. The van der Waals surface area contributed by atoms with E-state index in [-0.39, 0.29) is 18.9 Å². The molecule has 0 aliphatic rings. The first kappa shape index (κ1) is 17.1. The maximum absolute atomic E-state index is 13.5. The third-order valence-electron chi connectivity index (χ3n) is 3.71. The highest BCUT2D eigenvalue weighted by molar-refractivity contribution is 5.76. The number of benzene rings is 2. The largest absolute Gasteiger partial charge is 0.386 e. The van der Waals surface area contributed by atoms with E-state index in [0.29, 0.717) is 6.42 Å². The molecule has 5 heteroatoms. The number of rotatable bonds is 6. The van der Waals surface area contributed by atoms with Crippen LogP contribution in [0.4, 0.5) is 8.78 Å². The van der Waals surface area contributed by atoms with Crippen LogP contribution in [0.25, 0.3) is 0 Å². The molecule has 0 radical (unpaired) electrons. The quantitative estimate of drug-likeness (QED) is 0.860. The van der Waals surface area contributed by atoms with E-state index >= 15 is 0 Å². The molecule has 1 amide bonds. The molecule has 23 heavy (non-hydrogen) atoms. The molecule has 2 N–H and O–H groups in total. The molecule has 3 nitrogen and oxygen atoms in total. The Balaban J connectivity index is 1.86. The van der Waals surface area contributed by atoms with Crippen molar-refractivity contribution >= 4 is 5.91 Å². The van der Waals surface area contributed by atoms with Crippen molar-refractivity contribution in [3.8, 4) is 0 Å². The topological polar surface area (TPSA) is 49.3 Å². The zero-order chi connectivity index (χ0) is 16.8. The minimum Gasteiger partial charge on any atom is -0.386 e. The number of halogens is 2. The molecule has 0 aliphatic heterocycles. The van der Waals surface area contributed by atoms with Crippen molar-refractivity contribution < 1.29 is 18.7 Å². The van der Waals surface area contributed by atoms with Gasteiger partial charge in [-0.15, -0.1) is 0 Å². The Bertz CT molecular complexity index is 668. The van der Waals surface area contributed by atoms with Crippen LogP contribution in [-0.4, -0.2) is 17.6 Å². The molecule has 1 unspecified atom stereocenters. The number of hydrogen-bond donors (Lipinski definition) is 2. The van der Waals surface area contributed by atoms with Gasteiger partial charge < -0.3 is 10.4 Å². The second-order valence-corrected chi connectivity index (χ2v) is 5.38. The third-order valence-corrected chi connectivity index (χ3v) is 3.71. The van der Waals surface area contributed by atoms with Crippen molar-refractivity contribution in [1.82, 2.24) is 5.32 Å². The van der Waals surface area contributed by atoms with Crippen LogP contribution in [0.2, 0.25) is 0 Å². The third kappa shape index (κ3) is 4.60. The smallest absolute Gasteiger partial charge is 0.220 e. The van der Waals surface area contributed by atoms with Gasteiger partial charge in [0.2, 0.25) is 5.91 Å². The van der Waals surface area contributed by atoms with Gasteiger partial charge >= 0.3 is 0 Å². The highest BCUT2D eigenvalue weighted by Crippen LogP contribution is 2.20. The fourth-order valence-corrected chi connectivity index (χ4v) is 2.37. The van der Waals surface area contributed by atoms with Gasteiger partial charge in [-0.3, -0.25) is 4.79 Å². The Kier molecular flexibility index (Phi) is 5.82. The van der Waals surface area contributed by atoms with E-state index in [9.17, 15) is 18.7 Å². The number of aliphatic hydroxyl groups is 1. The predicted octanol–water partition coefficient (Wildman–Crippen LogP) is 3.06. The Morgan fingerprint density at radius 1 is 1.13 bits per heavy atom. The van der Waals surface area contributed by atoms with E-state index in [1.807, 2.05) is 31.2 Å². The zero-order valence-electron chi connectivity index (χ0n) is 12.9. The molecule has 2 aromatic carbocycles. The van der Waals surface area contributed by atoms with Crippen molar-refractivity contribution in [3.05, 3.63) is 70.8 Å². The van der Waals surface area contributed by atoms with E-state index in [0.717, 1.165) is 23.3 Å². The minimum absolute atomic E-state index is 0.232. The molecule has 2 aromatic rings. The molecule has 0 aromatic heterocycles. The van der Waals surface area contributed by atoms with E-state index in [4.69, 9.17) is 0 Å². The summed E-state index contributed by atoms with van der Waals surface area (Å²) in [6, 6.07) is 11.1. The molecule has 0 heterocycles. The molecule has 0 bridgehead atoms. The van der Waals surface area contributed by atoms with Crippen LogP contribution in [0, 0.1) is 18.6 Å². The summed E-state index contributed by atoms with van der Waals surface area (Å²) in [6.45, 7) is 1.74. The number of carbonyl (C=O) groups excluding carboxylic acids is 1. The Labute approximate surface area is 134 Å². The van der Waals surface area contributed by atoms with Gasteiger partial charge in [0, 0.05) is 13.0 Å². The van der Waals surface area contributed by atoms with E-state index in [1.54, 1.807) is 0 Å². The maximum Gasteiger partial charge on any atom is 0.220 e. The molecule has 0 aliphatic carbocycles. The lowest BCUT2D eigenvalue weighted by atomic mass is 10.0. The number of amides is 1. The summed E-state index contributed by atoms with van der Waals surface area (Å²) in [5.74, 6) is -1.93. The van der Waals surface area contributed by atoms with Crippen molar-refractivity contribution in [2.24, 2.45) is 0 Å². The predicted molar refractivity (Wildman–Crippen MR) is 83.8 cm³/mol.